The molecule has 0 aromatic rings. The van der Waals surface area contributed by atoms with Crippen molar-refractivity contribution in [1.29, 1.82) is 0 Å². The van der Waals surface area contributed by atoms with Crippen LogP contribution in [0, 0.1) is 0 Å². The Balaban J connectivity index is 0. The fourth-order valence-electron chi connectivity index (χ4n) is 0.627. The lowest BCUT2D eigenvalue weighted by atomic mass is 10.2. The number of hydroxylamine groups is 2. The molecule has 0 aliphatic rings. The largest absolute Gasteiger partial charge is 0.365 e. The molecule has 0 amide bonds. The minimum atomic E-state index is -0.281. The highest BCUT2D eigenvalue weighted by atomic mass is 16.7. The van der Waals surface area contributed by atoms with Crippen LogP contribution < -0.4 is 0 Å². The molecule has 0 aliphatic carbocycles. The van der Waals surface area contributed by atoms with Gasteiger partial charge in [-0.25, -0.2) is 4.79 Å². The molecule has 0 heterocycles. The number of allylic oxidation sites excluding steroid dienone is 1. The monoisotopic (exact) mass is 174 g/mol. The van der Waals surface area contributed by atoms with E-state index in [1.165, 1.54) is 5.06 Å². The Bertz CT molecular complexity index is 164. The van der Waals surface area contributed by atoms with Crippen LogP contribution in [0.2, 0.25) is 0 Å². The van der Waals surface area contributed by atoms with Crippen LogP contribution in [0.25, 0.3) is 0 Å². The summed E-state index contributed by atoms with van der Waals surface area (Å²) in [6.45, 7) is 3.72. The molecule has 12 heavy (non-hydrogen) atoms. The molecule has 71 valence electrons. The first kappa shape index (κ1) is 13.7. The zero-order chi connectivity index (χ0) is 8.85. The molecule has 0 spiro atoms. The van der Waals surface area contributed by atoms with Gasteiger partial charge in [-0.15, -0.1) is 5.06 Å². The van der Waals surface area contributed by atoms with E-state index in [9.17, 15) is 4.79 Å². The molecule has 0 atom stereocenters. The molecule has 1 radical (unpaired) electrons. The summed E-state index contributed by atoms with van der Waals surface area (Å²) in [6, 6.07) is 0. The van der Waals surface area contributed by atoms with Gasteiger partial charge in [-0.3, -0.25) is 5.48 Å². The van der Waals surface area contributed by atoms with E-state index < -0.39 is 0 Å². The molecule has 1 N–H and O–H groups in total. The average Bonchev–Trinajstić information content (AvgIpc) is 1.86. The topological polar surface area (TPSA) is 59.5 Å². The van der Waals surface area contributed by atoms with Crippen molar-refractivity contribution in [2.45, 2.75) is 20.3 Å². The maximum Gasteiger partial charge on any atom is 0.352 e. The third-order valence-electron chi connectivity index (χ3n) is 1.10. The van der Waals surface area contributed by atoms with Gasteiger partial charge in [0, 0.05) is 19.7 Å². The van der Waals surface area contributed by atoms with Crippen LogP contribution >= 0.6 is 0 Å². The SMILES string of the molecule is CCC=C(C)C(=O)ON(C)C.[OH]. The summed E-state index contributed by atoms with van der Waals surface area (Å²) in [5, 5.41) is 1.38. The van der Waals surface area contributed by atoms with Crippen molar-refractivity contribution in [2.24, 2.45) is 0 Å². The third-order valence-corrected chi connectivity index (χ3v) is 1.10. The molecule has 0 fully saturated rings. The van der Waals surface area contributed by atoms with Crippen molar-refractivity contribution < 1.29 is 15.1 Å². The Hall–Kier alpha value is -0.870. The van der Waals surface area contributed by atoms with Gasteiger partial charge < -0.3 is 4.84 Å². The molecule has 0 saturated carbocycles. The van der Waals surface area contributed by atoms with Crippen LogP contribution in [0.5, 0.6) is 0 Å². The minimum absolute atomic E-state index is 0. The predicted molar refractivity (Wildman–Crippen MR) is 45.8 cm³/mol. The van der Waals surface area contributed by atoms with Crippen molar-refractivity contribution in [3.63, 3.8) is 0 Å². The van der Waals surface area contributed by atoms with Gasteiger partial charge in [0.25, 0.3) is 0 Å². The van der Waals surface area contributed by atoms with Crippen molar-refractivity contribution >= 4 is 5.97 Å². The lowest BCUT2D eigenvalue weighted by Gasteiger charge is -2.09. The third kappa shape index (κ3) is 5.88. The van der Waals surface area contributed by atoms with Gasteiger partial charge in [0.1, 0.15) is 0 Å². The first-order valence-corrected chi connectivity index (χ1v) is 3.64. The highest BCUT2D eigenvalue weighted by Crippen LogP contribution is 1.98. The summed E-state index contributed by atoms with van der Waals surface area (Å²) in [5.41, 5.74) is 0.654. The van der Waals surface area contributed by atoms with Gasteiger partial charge in [-0.1, -0.05) is 13.0 Å². The number of carbonyl (C=O) groups excluding carboxylic acids is 1. The van der Waals surface area contributed by atoms with Crippen molar-refractivity contribution in [2.75, 3.05) is 14.1 Å². The van der Waals surface area contributed by atoms with Crippen LogP contribution in [0.3, 0.4) is 0 Å². The summed E-state index contributed by atoms with van der Waals surface area (Å²) in [6.07, 6.45) is 2.69. The first-order chi connectivity index (χ1) is 5.07. The molecule has 0 saturated heterocycles. The number of nitrogens with zero attached hydrogens (tertiary/aromatic N) is 1. The fraction of sp³-hybridized carbons (Fsp3) is 0.625. The number of rotatable bonds is 3. The second-order valence-electron chi connectivity index (χ2n) is 2.49. The van der Waals surface area contributed by atoms with E-state index in [1.54, 1.807) is 21.0 Å². The molecule has 0 aromatic heterocycles. The molecule has 0 aromatic carbocycles. The van der Waals surface area contributed by atoms with E-state index in [2.05, 4.69) is 0 Å². The maximum atomic E-state index is 11.0. The second-order valence-corrected chi connectivity index (χ2v) is 2.49. The van der Waals surface area contributed by atoms with Gasteiger partial charge >= 0.3 is 5.97 Å². The minimum Gasteiger partial charge on any atom is -0.365 e. The van der Waals surface area contributed by atoms with E-state index in [-0.39, 0.29) is 11.4 Å². The maximum absolute atomic E-state index is 11.0. The van der Waals surface area contributed by atoms with E-state index in [0.29, 0.717) is 5.57 Å². The Morgan fingerprint density at radius 3 is 2.33 bits per heavy atom. The smallest absolute Gasteiger partial charge is 0.352 e. The summed E-state index contributed by atoms with van der Waals surface area (Å²) < 4.78 is 0. The Labute approximate surface area is 73.1 Å². The summed E-state index contributed by atoms with van der Waals surface area (Å²) >= 11 is 0. The molecular formula is C8H16NO3. The van der Waals surface area contributed by atoms with Crippen LogP contribution in [-0.2, 0) is 9.63 Å². The van der Waals surface area contributed by atoms with Crippen molar-refractivity contribution in [3.05, 3.63) is 11.6 Å². The van der Waals surface area contributed by atoms with Crippen molar-refractivity contribution in [3.8, 4) is 0 Å². The Morgan fingerprint density at radius 2 is 2.00 bits per heavy atom. The second kappa shape index (κ2) is 6.82. The standard InChI is InChI=1S/C8H15NO2.HO/c1-5-6-7(2)8(10)11-9(3)4;/h6H,5H2,1-4H3;1H. The van der Waals surface area contributed by atoms with Gasteiger partial charge in [-0.2, -0.15) is 0 Å². The normalized spacial score (nSPS) is 10.9. The Kier molecular flexibility index (Phi) is 7.78. The predicted octanol–water partition coefficient (Wildman–Crippen LogP) is 1.19. The highest BCUT2D eigenvalue weighted by molar-refractivity contribution is 5.87. The van der Waals surface area contributed by atoms with Crippen LogP contribution in [0.15, 0.2) is 11.6 Å². The van der Waals surface area contributed by atoms with Gasteiger partial charge in [0.05, 0.1) is 0 Å². The zero-order valence-corrected chi connectivity index (χ0v) is 8.00. The van der Waals surface area contributed by atoms with Crippen LogP contribution in [0.4, 0.5) is 0 Å². The highest BCUT2D eigenvalue weighted by Gasteiger charge is 2.05. The van der Waals surface area contributed by atoms with E-state index in [0.717, 1.165) is 6.42 Å². The van der Waals surface area contributed by atoms with Gasteiger partial charge in [0.2, 0.25) is 0 Å². The van der Waals surface area contributed by atoms with Crippen molar-refractivity contribution in [1.82, 2.24) is 5.06 Å². The quantitative estimate of drug-likeness (QED) is 0.516. The lowest BCUT2D eigenvalue weighted by molar-refractivity contribution is -0.172. The average molecular weight is 174 g/mol. The number of hydrogen-bond donors (Lipinski definition) is 1. The molecule has 0 rings (SSSR count). The zero-order valence-electron chi connectivity index (χ0n) is 8.00. The van der Waals surface area contributed by atoms with Crippen LogP contribution in [-0.4, -0.2) is 30.6 Å². The van der Waals surface area contributed by atoms with Gasteiger partial charge in [0.15, 0.2) is 0 Å². The lowest BCUT2D eigenvalue weighted by Crippen LogP contribution is -2.18. The van der Waals surface area contributed by atoms with Crippen LogP contribution in [0.1, 0.15) is 20.3 Å². The molecule has 0 bridgehead atoms. The van der Waals surface area contributed by atoms with E-state index >= 15 is 0 Å². The fourth-order valence-corrected chi connectivity index (χ4v) is 0.627. The first-order valence-electron chi connectivity index (χ1n) is 3.64. The summed E-state index contributed by atoms with van der Waals surface area (Å²) in [7, 11) is 3.36. The number of hydrogen-bond acceptors (Lipinski definition) is 3. The van der Waals surface area contributed by atoms with Gasteiger partial charge in [-0.05, 0) is 13.3 Å². The molecule has 4 heteroatoms. The molecular weight excluding hydrogens is 158 g/mol. The molecule has 0 unspecified atom stereocenters. The Morgan fingerprint density at radius 1 is 1.50 bits per heavy atom. The molecule has 0 aliphatic heterocycles. The summed E-state index contributed by atoms with van der Waals surface area (Å²) in [4.78, 5) is 15.8. The molecule has 4 nitrogen and oxygen atoms in total. The van der Waals surface area contributed by atoms with E-state index in [1.807, 2.05) is 13.0 Å². The summed E-state index contributed by atoms with van der Waals surface area (Å²) in [5.74, 6) is -0.281. The van der Waals surface area contributed by atoms with E-state index in [4.69, 9.17) is 4.84 Å². The number of carbonyl (C=O) groups is 1.